The number of likely N-dealkylation sites (tertiary alicyclic amines) is 1. The zero-order valence-electron chi connectivity index (χ0n) is 9.22. The van der Waals surface area contributed by atoms with Crippen LogP contribution in [0.3, 0.4) is 0 Å². The van der Waals surface area contributed by atoms with Crippen molar-refractivity contribution < 1.29 is 14.3 Å². The minimum Gasteiger partial charge on any atom is -0.481 e. The van der Waals surface area contributed by atoms with E-state index >= 15 is 0 Å². The summed E-state index contributed by atoms with van der Waals surface area (Å²) in [6.45, 7) is 4.19. The Bertz CT molecular complexity index is 371. The van der Waals surface area contributed by atoms with Crippen molar-refractivity contribution in [3.63, 3.8) is 0 Å². The maximum absolute atomic E-state index is 10.5. The van der Waals surface area contributed by atoms with Crippen LogP contribution >= 0.6 is 0 Å². The number of hydrogen-bond donors (Lipinski definition) is 1. The number of carbonyl (C=O) groups is 1. The number of aliphatic carboxylic acids is 1. The highest BCUT2D eigenvalue weighted by Gasteiger charge is 2.29. The predicted molar refractivity (Wildman–Crippen MR) is 54.7 cm³/mol. The predicted octanol–water partition coefficient (Wildman–Crippen LogP) is 0.539. The molecule has 1 N–H and O–H groups in total. The standard InChI is InChI=1S/C10H15N3O3/c1-2-8-11-12-9(16-8)6-13-4-7(5-13)3-10(14)15/h7H,2-6H2,1H3,(H,14,15). The van der Waals surface area contributed by atoms with E-state index in [0.29, 0.717) is 18.3 Å². The normalized spacial score (nSPS) is 17.3. The van der Waals surface area contributed by atoms with Gasteiger partial charge in [0.05, 0.1) is 13.0 Å². The molecule has 0 aliphatic carbocycles. The van der Waals surface area contributed by atoms with Gasteiger partial charge >= 0.3 is 5.97 Å². The summed E-state index contributed by atoms with van der Waals surface area (Å²) < 4.78 is 5.38. The molecular weight excluding hydrogens is 210 g/mol. The van der Waals surface area contributed by atoms with Crippen molar-refractivity contribution in [1.29, 1.82) is 0 Å². The van der Waals surface area contributed by atoms with E-state index in [4.69, 9.17) is 9.52 Å². The lowest BCUT2D eigenvalue weighted by Gasteiger charge is -2.37. The van der Waals surface area contributed by atoms with Gasteiger partial charge in [-0.1, -0.05) is 6.92 Å². The third-order valence-electron chi connectivity index (χ3n) is 2.67. The minimum absolute atomic E-state index is 0.251. The Kier molecular flexibility index (Phi) is 3.19. The molecule has 1 saturated heterocycles. The van der Waals surface area contributed by atoms with Crippen LogP contribution in [0.5, 0.6) is 0 Å². The Balaban J connectivity index is 1.74. The molecule has 2 heterocycles. The summed E-state index contributed by atoms with van der Waals surface area (Å²) in [7, 11) is 0. The van der Waals surface area contributed by atoms with Crippen LogP contribution in [0.2, 0.25) is 0 Å². The van der Waals surface area contributed by atoms with E-state index in [0.717, 1.165) is 19.5 Å². The monoisotopic (exact) mass is 225 g/mol. The van der Waals surface area contributed by atoms with Crippen LogP contribution < -0.4 is 0 Å². The SMILES string of the molecule is CCc1nnc(CN2CC(CC(=O)O)C2)o1. The molecular formula is C10H15N3O3. The lowest BCUT2D eigenvalue weighted by atomic mass is 9.97. The van der Waals surface area contributed by atoms with Crippen LogP contribution in [0.15, 0.2) is 4.42 Å². The molecule has 0 saturated carbocycles. The van der Waals surface area contributed by atoms with Gasteiger partial charge in [0.2, 0.25) is 11.8 Å². The maximum atomic E-state index is 10.5. The van der Waals surface area contributed by atoms with E-state index in [-0.39, 0.29) is 12.3 Å². The second kappa shape index (κ2) is 4.61. The molecule has 0 atom stereocenters. The van der Waals surface area contributed by atoms with Gasteiger partial charge in [-0.05, 0) is 5.92 Å². The summed E-state index contributed by atoms with van der Waals surface area (Å²) in [6, 6.07) is 0. The molecule has 0 aromatic carbocycles. The first kappa shape index (κ1) is 11.1. The van der Waals surface area contributed by atoms with E-state index in [9.17, 15) is 4.79 Å². The van der Waals surface area contributed by atoms with E-state index in [1.54, 1.807) is 0 Å². The summed E-state index contributed by atoms with van der Waals surface area (Å²) in [5.74, 6) is 0.810. The summed E-state index contributed by atoms with van der Waals surface area (Å²) in [5, 5.41) is 16.4. The largest absolute Gasteiger partial charge is 0.481 e. The Morgan fingerprint density at radius 2 is 2.19 bits per heavy atom. The summed E-state index contributed by atoms with van der Waals surface area (Å²) in [5.41, 5.74) is 0. The number of rotatable bonds is 5. The average Bonchev–Trinajstić information content (AvgIpc) is 2.61. The fourth-order valence-electron chi connectivity index (χ4n) is 1.87. The van der Waals surface area contributed by atoms with Crippen molar-refractivity contribution in [3.05, 3.63) is 11.8 Å². The Morgan fingerprint density at radius 3 is 2.75 bits per heavy atom. The molecule has 0 spiro atoms. The molecule has 88 valence electrons. The zero-order valence-corrected chi connectivity index (χ0v) is 9.22. The second-order valence-corrected chi connectivity index (χ2v) is 4.10. The molecule has 1 aromatic rings. The first-order valence-corrected chi connectivity index (χ1v) is 5.42. The highest BCUT2D eigenvalue weighted by atomic mass is 16.4. The quantitative estimate of drug-likeness (QED) is 0.787. The van der Waals surface area contributed by atoms with Gasteiger partial charge in [-0.15, -0.1) is 10.2 Å². The van der Waals surface area contributed by atoms with Crippen LogP contribution in [0.4, 0.5) is 0 Å². The molecule has 0 unspecified atom stereocenters. The molecule has 6 heteroatoms. The molecule has 16 heavy (non-hydrogen) atoms. The summed E-state index contributed by atoms with van der Waals surface area (Å²) in [4.78, 5) is 12.6. The maximum Gasteiger partial charge on any atom is 0.303 e. The molecule has 1 aromatic heterocycles. The Hall–Kier alpha value is -1.43. The fraction of sp³-hybridized carbons (Fsp3) is 0.700. The smallest absolute Gasteiger partial charge is 0.303 e. The van der Waals surface area contributed by atoms with Crippen LogP contribution in [0.25, 0.3) is 0 Å². The fourth-order valence-corrected chi connectivity index (χ4v) is 1.87. The number of aromatic nitrogens is 2. The third-order valence-corrected chi connectivity index (χ3v) is 2.67. The highest BCUT2D eigenvalue weighted by Crippen LogP contribution is 2.20. The Morgan fingerprint density at radius 1 is 1.50 bits per heavy atom. The van der Waals surface area contributed by atoms with Gasteiger partial charge in [-0.25, -0.2) is 0 Å². The molecule has 6 nitrogen and oxygen atoms in total. The lowest BCUT2D eigenvalue weighted by molar-refractivity contribution is -0.139. The van der Waals surface area contributed by atoms with Gasteiger partial charge in [0.1, 0.15) is 0 Å². The summed E-state index contributed by atoms with van der Waals surface area (Å²) >= 11 is 0. The average molecular weight is 225 g/mol. The van der Waals surface area contributed by atoms with Crippen LogP contribution in [-0.4, -0.2) is 39.3 Å². The number of carboxylic acid groups (broad SMARTS) is 1. The molecule has 1 aliphatic rings. The van der Waals surface area contributed by atoms with Gasteiger partial charge in [0.25, 0.3) is 0 Å². The van der Waals surface area contributed by atoms with Crippen molar-refractivity contribution in [3.8, 4) is 0 Å². The molecule has 0 bridgehead atoms. The molecule has 2 rings (SSSR count). The van der Waals surface area contributed by atoms with Gasteiger partial charge < -0.3 is 9.52 Å². The number of aryl methyl sites for hydroxylation is 1. The first-order valence-electron chi connectivity index (χ1n) is 5.42. The number of nitrogens with zero attached hydrogens (tertiary/aromatic N) is 3. The minimum atomic E-state index is -0.726. The summed E-state index contributed by atoms with van der Waals surface area (Å²) in [6.07, 6.45) is 0.995. The van der Waals surface area contributed by atoms with Gasteiger partial charge in [0, 0.05) is 19.5 Å². The van der Waals surface area contributed by atoms with Crippen molar-refractivity contribution in [2.45, 2.75) is 26.3 Å². The van der Waals surface area contributed by atoms with Crippen molar-refractivity contribution >= 4 is 5.97 Å². The third kappa shape index (κ3) is 2.57. The number of carboxylic acids is 1. The van der Waals surface area contributed by atoms with Crippen molar-refractivity contribution in [1.82, 2.24) is 15.1 Å². The second-order valence-electron chi connectivity index (χ2n) is 4.10. The van der Waals surface area contributed by atoms with Crippen molar-refractivity contribution in [2.75, 3.05) is 13.1 Å². The topological polar surface area (TPSA) is 79.5 Å². The molecule has 0 radical (unpaired) electrons. The highest BCUT2D eigenvalue weighted by molar-refractivity contribution is 5.67. The van der Waals surface area contributed by atoms with Crippen LogP contribution in [0, 0.1) is 5.92 Å². The molecule has 1 aliphatic heterocycles. The van der Waals surface area contributed by atoms with Crippen LogP contribution in [-0.2, 0) is 17.8 Å². The Labute approximate surface area is 93.3 Å². The number of hydrogen-bond acceptors (Lipinski definition) is 5. The van der Waals surface area contributed by atoms with Crippen LogP contribution in [0.1, 0.15) is 25.1 Å². The van der Waals surface area contributed by atoms with E-state index in [1.807, 2.05) is 6.92 Å². The van der Waals surface area contributed by atoms with Gasteiger partial charge in [-0.2, -0.15) is 0 Å². The van der Waals surface area contributed by atoms with E-state index < -0.39 is 5.97 Å². The van der Waals surface area contributed by atoms with Gasteiger partial charge in [-0.3, -0.25) is 9.69 Å². The van der Waals surface area contributed by atoms with E-state index in [1.165, 1.54) is 0 Å². The van der Waals surface area contributed by atoms with Gasteiger partial charge in [0.15, 0.2) is 0 Å². The molecule has 0 amide bonds. The first-order chi connectivity index (χ1) is 7.67. The zero-order chi connectivity index (χ0) is 11.5. The van der Waals surface area contributed by atoms with E-state index in [2.05, 4.69) is 15.1 Å². The lowest BCUT2D eigenvalue weighted by Crippen LogP contribution is -2.46. The molecule has 1 fully saturated rings. The van der Waals surface area contributed by atoms with Crippen molar-refractivity contribution in [2.24, 2.45) is 5.92 Å².